The summed E-state index contributed by atoms with van der Waals surface area (Å²) < 4.78 is 0. The highest BCUT2D eigenvalue weighted by Gasteiger charge is 2.07. The first-order valence-corrected chi connectivity index (χ1v) is 8.09. The number of rotatable bonds is 5. The van der Waals surface area contributed by atoms with Gasteiger partial charge < -0.3 is 5.32 Å². The van der Waals surface area contributed by atoms with Crippen LogP contribution in [0, 0.1) is 6.92 Å². The molecule has 0 bridgehead atoms. The number of hydrogen-bond acceptors (Lipinski definition) is 6. The Hall–Kier alpha value is -2.89. The first-order valence-electron chi connectivity index (χ1n) is 8.09. The van der Waals surface area contributed by atoms with Crippen LogP contribution in [0.15, 0.2) is 36.5 Å². The minimum Gasteiger partial charge on any atom is -0.323 e. The lowest BCUT2D eigenvalue weighted by molar-refractivity contribution is 0.829. The summed E-state index contributed by atoms with van der Waals surface area (Å²) in [5.41, 5.74) is 4.76. The van der Waals surface area contributed by atoms with Crippen molar-refractivity contribution in [3.05, 3.63) is 53.6 Å². The van der Waals surface area contributed by atoms with Gasteiger partial charge in [0.15, 0.2) is 5.82 Å². The van der Waals surface area contributed by atoms with Crippen LogP contribution in [0.3, 0.4) is 0 Å². The second-order valence-electron chi connectivity index (χ2n) is 5.46. The van der Waals surface area contributed by atoms with Crippen molar-refractivity contribution >= 4 is 11.6 Å². The normalized spacial score (nSPS) is 10.6. The molecule has 0 aliphatic carbocycles. The molecule has 0 aliphatic heterocycles. The van der Waals surface area contributed by atoms with Gasteiger partial charge in [-0.3, -0.25) is 0 Å². The number of hydrogen-bond donors (Lipinski definition) is 1. The van der Waals surface area contributed by atoms with Crippen LogP contribution in [0.5, 0.6) is 0 Å². The van der Waals surface area contributed by atoms with Gasteiger partial charge in [0, 0.05) is 23.1 Å². The lowest BCUT2D eigenvalue weighted by atomic mass is 10.2. The van der Waals surface area contributed by atoms with Crippen molar-refractivity contribution in [3.63, 3.8) is 0 Å². The Morgan fingerprint density at radius 2 is 1.62 bits per heavy atom. The van der Waals surface area contributed by atoms with E-state index >= 15 is 0 Å². The topological polar surface area (TPSA) is 76.5 Å². The van der Waals surface area contributed by atoms with E-state index in [9.17, 15) is 0 Å². The quantitative estimate of drug-likeness (QED) is 0.775. The lowest BCUT2D eigenvalue weighted by Crippen LogP contribution is -2.06. The molecular weight excluding hydrogens is 300 g/mol. The Morgan fingerprint density at radius 1 is 0.875 bits per heavy atom. The number of anilines is 2. The zero-order valence-electron chi connectivity index (χ0n) is 14.1. The third-order valence-electron chi connectivity index (χ3n) is 3.70. The predicted octanol–water partition coefficient (Wildman–Crippen LogP) is 3.51. The number of aryl methyl sites for hydroxylation is 3. The fourth-order valence-corrected chi connectivity index (χ4v) is 2.41. The molecule has 6 heteroatoms. The Labute approximate surface area is 141 Å². The Morgan fingerprint density at radius 3 is 2.29 bits per heavy atom. The van der Waals surface area contributed by atoms with Crippen molar-refractivity contribution in [2.45, 2.75) is 33.6 Å². The maximum absolute atomic E-state index is 4.54. The zero-order valence-corrected chi connectivity index (χ0v) is 14.1. The van der Waals surface area contributed by atoms with Gasteiger partial charge in [0.25, 0.3) is 0 Å². The second kappa shape index (κ2) is 7.12. The summed E-state index contributed by atoms with van der Waals surface area (Å²) in [5.74, 6) is 1.24. The molecule has 24 heavy (non-hydrogen) atoms. The molecule has 0 fully saturated rings. The minimum atomic E-state index is 0.517. The Kier molecular flexibility index (Phi) is 4.74. The molecule has 6 nitrogen and oxygen atoms in total. The van der Waals surface area contributed by atoms with E-state index in [0.717, 1.165) is 47.0 Å². The Bertz CT molecular complexity index is 829. The highest BCUT2D eigenvalue weighted by Crippen LogP contribution is 2.20. The van der Waals surface area contributed by atoms with Crippen molar-refractivity contribution in [3.8, 4) is 11.4 Å². The van der Waals surface area contributed by atoms with E-state index in [1.807, 2.05) is 37.3 Å². The van der Waals surface area contributed by atoms with Gasteiger partial charge in [0.2, 0.25) is 5.95 Å². The van der Waals surface area contributed by atoms with Crippen molar-refractivity contribution in [2.24, 2.45) is 0 Å². The predicted molar refractivity (Wildman–Crippen MR) is 94.1 cm³/mol. The molecule has 0 radical (unpaired) electrons. The summed E-state index contributed by atoms with van der Waals surface area (Å²) in [6, 6.07) is 9.76. The molecule has 0 aliphatic rings. The largest absolute Gasteiger partial charge is 0.323 e. The molecule has 0 spiro atoms. The minimum absolute atomic E-state index is 0.517. The van der Waals surface area contributed by atoms with Crippen LogP contribution in [-0.2, 0) is 12.8 Å². The zero-order chi connectivity index (χ0) is 16.9. The van der Waals surface area contributed by atoms with E-state index in [-0.39, 0.29) is 0 Å². The third-order valence-corrected chi connectivity index (χ3v) is 3.70. The first kappa shape index (κ1) is 16.0. The van der Waals surface area contributed by atoms with Crippen LogP contribution in [0.2, 0.25) is 0 Å². The molecule has 2 heterocycles. The van der Waals surface area contributed by atoms with Gasteiger partial charge in [-0.05, 0) is 50.1 Å². The molecule has 3 aromatic rings. The van der Waals surface area contributed by atoms with E-state index in [1.54, 1.807) is 6.20 Å². The molecule has 3 rings (SSSR count). The molecule has 1 N–H and O–H groups in total. The van der Waals surface area contributed by atoms with Crippen LogP contribution in [-0.4, -0.2) is 25.1 Å². The van der Waals surface area contributed by atoms with Gasteiger partial charge in [0.05, 0.1) is 11.4 Å². The molecule has 0 atom stereocenters. The monoisotopic (exact) mass is 320 g/mol. The van der Waals surface area contributed by atoms with E-state index in [2.05, 4.69) is 44.3 Å². The van der Waals surface area contributed by atoms with E-state index < -0.39 is 0 Å². The van der Waals surface area contributed by atoms with Gasteiger partial charge in [-0.2, -0.15) is 0 Å². The fourth-order valence-electron chi connectivity index (χ4n) is 2.41. The smallest absolute Gasteiger partial charge is 0.247 e. The van der Waals surface area contributed by atoms with Gasteiger partial charge in [-0.15, -0.1) is 10.2 Å². The van der Waals surface area contributed by atoms with Crippen molar-refractivity contribution in [1.29, 1.82) is 0 Å². The van der Waals surface area contributed by atoms with Crippen LogP contribution in [0.25, 0.3) is 11.4 Å². The van der Waals surface area contributed by atoms with E-state index in [4.69, 9.17) is 0 Å². The molecule has 2 aromatic heterocycles. The maximum Gasteiger partial charge on any atom is 0.247 e. The average Bonchev–Trinajstić information content (AvgIpc) is 2.62. The third kappa shape index (κ3) is 3.53. The summed E-state index contributed by atoms with van der Waals surface area (Å²) in [5, 5.41) is 11.6. The standard InChI is InChI=1S/C18H20N6/c1-4-15-16(5-2)23-24-18(22-15)21-14-8-6-13(7-9-14)17-19-11-10-12(3)20-17/h6-11H,4-5H2,1-3H3,(H,21,22,24). The van der Waals surface area contributed by atoms with Crippen LogP contribution < -0.4 is 5.32 Å². The summed E-state index contributed by atoms with van der Waals surface area (Å²) in [4.78, 5) is 13.3. The Balaban J connectivity index is 1.79. The summed E-state index contributed by atoms with van der Waals surface area (Å²) >= 11 is 0. The highest BCUT2D eigenvalue weighted by atomic mass is 15.2. The van der Waals surface area contributed by atoms with Gasteiger partial charge >= 0.3 is 0 Å². The lowest BCUT2D eigenvalue weighted by Gasteiger charge is -2.08. The van der Waals surface area contributed by atoms with E-state index in [1.165, 1.54) is 0 Å². The SMILES string of the molecule is CCc1nnc(Nc2ccc(-c3nccc(C)n3)cc2)nc1CC. The maximum atomic E-state index is 4.54. The van der Waals surface area contributed by atoms with Crippen LogP contribution in [0.4, 0.5) is 11.6 Å². The second-order valence-corrected chi connectivity index (χ2v) is 5.46. The highest BCUT2D eigenvalue weighted by molar-refractivity contribution is 5.62. The van der Waals surface area contributed by atoms with Crippen LogP contribution in [0.1, 0.15) is 30.9 Å². The van der Waals surface area contributed by atoms with Gasteiger partial charge in [0.1, 0.15) is 0 Å². The first-order chi connectivity index (χ1) is 11.7. The molecule has 0 amide bonds. The van der Waals surface area contributed by atoms with Crippen molar-refractivity contribution in [1.82, 2.24) is 25.1 Å². The van der Waals surface area contributed by atoms with Crippen LogP contribution >= 0.6 is 0 Å². The molecule has 0 saturated carbocycles. The summed E-state index contributed by atoms with van der Waals surface area (Å²) in [7, 11) is 0. The van der Waals surface area contributed by atoms with Gasteiger partial charge in [-0.25, -0.2) is 15.0 Å². The molecule has 0 unspecified atom stereocenters. The van der Waals surface area contributed by atoms with Gasteiger partial charge in [-0.1, -0.05) is 13.8 Å². The number of benzene rings is 1. The van der Waals surface area contributed by atoms with E-state index in [0.29, 0.717) is 5.95 Å². The molecule has 0 saturated heterocycles. The number of nitrogens with zero attached hydrogens (tertiary/aromatic N) is 5. The number of aromatic nitrogens is 5. The van der Waals surface area contributed by atoms with Crippen molar-refractivity contribution < 1.29 is 0 Å². The summed E-state index contributed by atoms with van der Waals surface area (Å²) in [6.07, 6.45) is 3.45. The number of nitrogens with one attached hydrogen (secondary N) is 1. The average molecular weight is 320 g/mol. The molecule has 122 valence electrons. The van der Waals surface area contributed by atoms with Crippen molar-refractivity contribution in [2.75, 3.05) is 5.32 Å². The molecular formula is C18H20N6. The molecule has 1 aromatic carbocycles. The fraction of sp³-hybridized carbons (Fsp3) is 0.278. The summed E-state index contributed by atoms with van der Waals surface area (Å²) in [6.45, 7) is 6.09.